The van der Waals surface area contributed by atoms with E-state index in [0.717, 1.165) is 85.4 Å². The minimum Gasteiger partial charge on any atom is -0.497 e. The van der Waals surface area contributed by atoms with E-state index in [9.17, 15) is 9.59 Å². The van der Waals surface area contributed by atoms with E-state index >= 15 is 0 Å². The summed E-state index contributed by atoms with van der Waals surface area (Å²) in [6.07, 6.45) is 9.09. The average Bonchev–Trinajstić information content (AvgIpc) is 3.41. The van der Waals surface area contributed by atoms with Crippen LogP contribution in [0.1, 0.15) is 61.3 Å². The van der Waals surface area contributed by atoms with Crippen molar-refractivity contribution in [1.82, 2.24) is 19.0 Å². The van der Waals surface area contributed by atoms with E-state index in [0.29, 0.717) is 19.0 Å². The van der Waals surface area contributed by atoms with Crippen LogP contribution in [0.2, 0.25) is 0 Å². The molecule has 1 fully saturated rings. The van der Waals surface area contributed by atoms with Crippen LogP contribution in [0, 0.1) is 6.92 Å². The van der Waals surface area contributed by atoms with Gasteiger partial charge >= 0.3 is 5.69 Å². The molecular formula is C33H40N4O3. The molecule has 0 spiro atoms. The van der Waals surface area contributed by atoms with Gasteiger partial charge in [-0.25, -0.2) is 4.79 Å². The third-order valence-corrected chi connectivity index (χ3v) is 8.97. The lowest BCUT2D eigenvalue weighted by Gasteiger charge is -2.32. The fourth-order valence-electron chi connectivity index (χ4n) is 6.82. The number of rotatable bonds is 8. The first-order chi connectivity index (χ1) is 19.5. The van der Waals surface area contributed by atoms with Crippen molar-refractivity contribution in [3.63, 3.8) is 0 Å². The van der Waals surface area contributed by atoms with Gasteiger partial charge in [-0.15, -0.1) is 0 Å². The van der Waals surface area contributed by atoms with Crippen molar-refractivity contribution in [1.29, 1.82) is 0 Å². The Balaban J connectivity index is 1.15. The molecule has 7 nitrogen and oxygen atoms in total. The number of nitrogens with one attached hydrogen (secondary N) is 1. The summed E-state index contributed by atoms with van der Waals surface area (Å²) >= 11 is 0. The van der Waals surface area contributed by atoms with Gasteiger partial charge in [0, 0.05) is 42.4 Å². The molecule has 1 atom stereocenters. The smallest absolute Gasteiger partial charge is 0.331 e. The summed E-state index contributed by atoms with van der Waals surface area (Å²) in [4.78, 5) is 33.2. The topological polar surface area (TPSA) is 72.3 Å². The van der Waals surface area contributed by atoms with Crippen LogP contribution in [-0.2, 0) is 19.5 Å². The van der Waals surface area contributed by atoms with Gasteiger partial charge in [-0.1, -0.05) is 24.3 Å². The number of benzene rings is 2. The number of unbranched alkanes of at least 4 members (excludes halogenated alkanes) is 1. The van der Waals surface area contributed by atoms with Crippen molar-refractivity contribution in [2.24, 2.45) is 0 Å². The Hall–Kier alpha value is -3.58. The van der Waals surface area contributed by atoms with E-state index in [2.05, 4.69) is 28.2 Å². The molecular weight excluding hydrogens is 500 g/mol. The van der Waals surface area contributed by atoms with Gasteiger partial charge in [0.05, 0.1) is 12.7 Å². The zero-order valence-corrected chi connectivity index (χ0v) is 23.7. The summed E-state index contributed by atoms with van der Waals surface area (Å²) in [5, 5.41) is 1.25. The van der Waals surface area contributed by atoms with Gasteiger partial charge in [0.2, 0.25) is 0 Å². The van der Waals surface area contributed by atoms with Crippen LogP contribution in [0.4, 0.5) is 0 Å². The molecule has 4 aromatic rings. The van der Waals surface area contributed by atoms with Gasteiger partial charge in [-0.05, 0) is 106 Å². The minimum absolute atomic E-state index is 0.125. The molecule has 210 valence electrons. The van der Waals surface area contributed by atoms with E-state index in [4.69, 9.17) is 4.74 Å². The highest BCUT2D eigenvalue weighted by Crippen LogP contribution is 2.34. The van der Waals surface area contributed by atoms with Crippen molar-refractivity contribution in [3.05, 3.63) is 86.3 Å². The van der Waals surface area contributed by atoms with Crippen LogP contribution in [-0.4, -0.2) is 45.8 Å². The molecule has 0 radical (unpaired) electrons. The first-order valence-electron chi connectivity index (χ1n) is 14.8. The number of fused-ring (bicyclic) bond motifs is 2. The molecule has 0 bridgehead atoms. The number of aromatic nitrogens is 3. The summed E-state index contributed by atoms with van der Waals surface area (Å²) < 4.78 is 8.85. The number of hydrogen-bond acceptors (Lipinski definition) is 4. The van der Waals surface area contributed by atoms with E-state index in [1.165, 1.54) is 28.4 Å². The Morgan fingerprint density at radius 1 is 1.00 bits per heavy atom. The summed E-state index contributed by atoms with van der Waals surface area (Å²) in [5.41, 5.74) is 5.95. The summed E-state index contributed by atoms with van der Waals surface area (Å²) in [7, 11) is 1.71. The SMILES string of the molecule is COc1ccc2[nH]cc(C3CCCN(CCCCn4c(=O)c(-c5ccccc5C)c5n(c4=O)CCCC5)C3)c2c1. The first kappa shape index (κ1) is 26.6. The van der Waals surface area contributed by atoms with Gasteiger partial charge < -0.3 is 14.6 Å². The predicted molar refractivity (Wildman–Crippen MR) is 161 cm³/mol. The van der Waals surface area contributed by atoms with Crippen LogP contribution in [0.15, 0.2) is 58.3 Å². The zero-order valence-electron chi connectivity index (χ0n) is 23.7. The first-order valence-corrected chi connectivity index (χ1v) is 14.8. The molecule has 2 aliphatic heterocycles. The monoisotopic (exact) mass is 540 g/mol. The molecule has 2 aromatic carbocycles. The number of aromatic amines is 1. The fraction of sp³-hybridized carbons (Fsp3) is 0.455. The van der Waals surface area contributed by atoms with Gasteiger partial charge in [-0.3, -0.25) is 13.9 Å². The third-order valence-electron chi connectivity index (χ3n) is 8.97. The van der Waals surface area contributed by atoms with Crippen LogP contribution >= 0.6 is 0 Å². The lowest BCUT2D eigenvalue weighted by Crippen LogP contribution is -2.44. The van der Waals surface area contributed by atoms with Crippen molar-refractivity contribution in [3.8, 4) is 16.9 Å². The molecule has 1 N–H and O–H groups in total. The van der Waals surface area contributed by atoms with Crippen molar-refractivity contribution >= 4 is 10.9 Å². The maximum absolute atomic E-state index is 13.8. The van der Waals surface area contributed by atoms with Gasteiger partial charge in [0.25, 0.3) is 5.56 Å². The van der Waals surface area contributed by atoms with E-state index in [-0.39, 0.29) is 11.2 Å². The molecule has 2 aromatic heterocycles. The fourth-order valence-corrected chi connectivity index (χ4v) is 6.82. The van der Waals surface area contributed by atoms with Crippen LogP contribution < -0.4 is 16.0 Å². The highest BCUT2D eigenvalue weighted by molar-refractivity contribution is 5.85. The van der Waals surface area contributed by atoms with Gasteiger partial charge in [-0.2, -0.15) is 0 Å². The Labute approximate surface area is 235 Å². The number of H-pyrrole nitrogens is 1. The van der Waals surface area contributed by atoms with E-state index < -0.39 is 0 Å². The van der Waals surface area contributed by atoms with Crippen molar-refractivity contribution in [2.45, 2.75) is 70.9 Å². The van der Waals surface area contributed by atoms with Crippen LogP contribution in [0.25, 0.3) is 22.0 Å². The number of piperidine rings is 1. The minimum atomic E-state index is -0.134. The Bertz CT molecular complexity index is 1630. The van der Waals surface area contributed by atoms with E-state index in [1.807, 2.05) is 41.8 Å². The average molecular weight is 541 g/mol. The summed E-state index contributed by atoms with van der Waals surface area (Å²) in [6, 6.07) is 14.3. The largest absolute Gasteiger partial charge is 0.497 e. The Morgan fingerprint density at radius 2 is 1.85 bits per heavy atom. The molecule has 1 unspecified atom stereocenters. The lowest BCUT2D eigenvalue weighted by atomic mass is 9.90. The quantitative estimate of drug-likeness (QED) is 0.301. The Kier molecular flexibility index (Phi) is 7.65. The lowest BCUT2D eigenvalue weighted by molar-refractivity contribution is 0.204. The predicted octanol–water partition coefficient (Wildman–Crippen LogP) is 5.47. The highest BCUT2D eigenvalue weighted by atomic mass is 16.5. The molecule has 4 heterocycles. The number of methoxy groups -OCH3 is 1. The molecule has 1 saturated heterocycles. The molecule has 2 aliphatic rings. The van der Waals surface area contributed by atoms with E-state index in [1.54, 1.807) is 7.11 Å². The zero-order chi connectivity index (χ0) is 27.6. The maximum Gasteiger partial charge on any atom is 0.331 e. The third kappa shape index (κ3) is 5.03. The molecule has 40 heavy (non-hydrogen) atoms. The van der Waals surface area contributed by atoms with Crippen molar-refractivity contribution < 1.29 is 4.74 Å². The Morgan fingerprint density at radius 3 is 2.70 bits per heavy atom. The number of aryl methyl sites for hydroxylation is 1. The molecule has 0 amide bonds. The normalized spacial score (nSPS) is 17.7. The second-order valence-corrected chi connectivity index (χ2v) is 11.5. The van der Waals surface area contributed by atoms with Gasteiger partial charge in [0.1, 0.15) is 5.75 Å². The second-order valence-electron chi connectivity index (χ2n) is 11.5. The van der Waals surface area contributed by atoms with Gasteiger partial charge in [0.15, 0.2) is 0 Å². The molecule has 0 aliphatic carbocycles. The molecule has 7 heteroatoms. The second kappa shape index (κ2) is 11.5. The standard InChI is InChI=1S/C33H40N4O3/c1-23-10-3-4-12-26(23)31-30-13-5-6-18-36(30)33(39)37(32(31)38)19-8-7-16-35-17-9-11-24(22-35)28-21-34-29-15-14-25(40-2)20-27(28)29/h3-4,10,12,14-15,20-21,24,34H,5-9,11,13,16-19,22H2,1-2H3. The maximum atomic E-state index is 13.8. The number of ether oxygens (including phenoxy) is 1. The number of nitrogens with zero attached hydrogens (tertiary/aromatic N) is 3. The number of likely N-dealkylation sites (tertiary alicyclic amines) is 1. The van der Waals surface area contributed by atoms with Crippen LogP contribution in [0.5, 0.6) is 5.75 Å². The van der Waals surface area contributed by atoms with Crippen LogP contribution in [0.3, 0.4) is 0 Å². The summed E-state index contributed by atoms with van der Waals surface area (Å²) in [5.74, 6) is 1.37. The van der Waals surface area contributed by atoms with Crippen molar-refractivity contribution in [2.75, 3.05) is 26.7 Å². The summed E-state index contributed by atoms with van der Waals surface area (Å²) in [6.45, 7) is 6.32. The molecule has 0 saturated carbocycles. The molecule has 6 rings (SSSR count). The highest BCUT2D eigenvalue weighted by Gasteiger charge is 2.25. The number of hydrogen-bond donors (Lipinski definition) is 1.